The number of methoxy groups -OCH3 is 1. The van der Waals surface area contributed by atoms with Crippen LogP contribution in [-0.2, 0) is 47.1 Å². The van der Waals surface area contributed by atoms with Crippen LogP contribution in [0.5, 0.6) is 11.5 Å². The summed E-state index contributed by atoms with van der Waals surface area (Å²) in [6.07, 6.45) is 0. The molecule has 0 fully saturated rings. The third kappa shape index (κ3) is 11.4. The van der Waals surface area contributed by atoms with E-state index in [0.717, 1.165) is 24.3 Å². The van der Waals surface area contributed by atoms with Crippen molar-refractivity contribution in [1.82, 2.24) is 15.0 Å². The number of aromatic nitrogens is 3. The van der Waals surface area contributed by atoms with Gasteiger partial charge in [-0.25, -0.2) is 0 Å². The van der Waals surface area contributed by atoms with Crippen LogP contribution in [0, 0.1) is 13.8 Å². The Bertz CT molecular complexity index is 4960. The van der Waals surface area contributed by atoms with Crippen molar-refractivity contribution in [2.75, 3.05) is 7.11 Å². The lowest BCUT2D eigenvalue weighted by molar-refractivity contribution is 0.282. The van der Waals surface area contributed by atoms with Gasteiger partial charge in [0.1, 0.15) is 48.5 Å². The van der Waals surface area contributed by atoms with Gasteiger partial charge < -0.3 is 14.9 Å². The molecule has 9 aromatic carbocycles. The molecular weight excluding hydrogens is 1150 g/mol. The minimum atomic E-state index is -4.94. The number of aryl methyl sites for hydroxylation is 2. The van der Waals surface area contributed by atoms with E-state index in [4.69, 9.17) is 4.74 Å². The Balaban J connectivity index is 0.838. The fourth-order valence-electron chi connectivity index (χ4n) is 8.63. The normalized spacial score (nSPS) is 12.9. The molecule has 82 heavy (non-hydrogen) atoms. The number of nitrogens with zero attached hydrogens (tertiary/aromatic N) is 11. The number of hydrogen-bond donors (Lipinski definition) is 6. The molecule has 0 saturated carbocycles. The van der Waals surface area contributed by atoms with Crippen molar-refractivity contribution in [3.63, 3.8) is 0 Å². The Morgan fingerprint density at radius 3 is 1.68 bits per heavy atom. The first-order valence-electron chi connectivity index (χ1n) is 23.5. The number of phenols is 1. The summed E-state index contributed by atoms with van der Waals surface area (Å²) in [4.78, 5) is -1.45. The lowest BCUT2D eigenvalue weighted by Gasteiger charge is -2.09. The molecule has 0 bridgehead atoms. The zero-order valence-electron chi connectivity index (χ0n) is 42.3. The number of aliphatic hydroxyl groups is 1. The summed E-state index contributed by atoms with van der Waals surface area (Å²) in [5.74, 6) is -0.0288. The predicted octanol–water partition coefficient (Wildman–Crippen LogP) is 12.4. The van der Waals surface area contributed by atoms with Crippen LogP contribution in [-0.4, -0.2) is 84.2 Å². The second kappa shape index (κ2) is 21.3. The van der Waals surface area contributed by atoms with E-state index < -0.39 is 66.7 Å². The maximum atomic E-state index is 12.3. The number of ether oxygens (including phenoxy) is 1. The molecule has 0 aliphatic carbocycles. The van der Waals surface area contributed by atoms with Gasteiger partial charge in [0.15, 0.2) is 5.75 Å². The van der Waals surface area contributed by atoms with E-state index in [2.05, 4.69) is 51.1 Å². The van der Waals surface area contributed by atoms with Crippen molar-refractivity contribution in [3.8, 4) is 17.2 Å². The van der Waals surface area contributed by atoms with Gasteiger partial charge in [-0.15, -0.1) is 25.5 Å². The zero-order valence-corrected chi connectivity index (χ0v) is 45.6. The van der Waals surface area contributed by atoms with Crippen molar-refractivity contribution in [2.24, 2.45) is 40.9 Å². The number of rotatable bonds is 15. The molecule has 30 heteroatoms. The molecule has 0 radical (unpaired) electrons. The zero-order chi connectivity index (χ0) is 58.6. The standard InChI is InChI=1S/C52H39N11O15S4/c1-27-17-33(8-14-40(27)55-53-32-9-15-41(28(2)18-32)56-60-46-24-38-29(21-50(46)82(75,76)77)5-4-6-48(38)80(69,70)71)54-58-44-25-47(78-3)45(20-31(44)26-64)59-57-43-13-7-30-19-34(10-11-36(30)52(43)65)63-61-42-16-12-37-39(51(42)62-63)22-35(79(66,67)68)23-49(37)81(72,73)74/h4-25,64-65H,26H2,1-3H3,(H,66,67,68)(H,69,70,71)(H,72,73,74)(H,75,76,77). The molecule has 0 saturated heterocycles. The first-order valence-corrected chi connectivity index (χ1v) is 29.3. The van der Waals surface area contributed by atoms with Gasteiger partial charge in [0.2, 0.25) is 0 Å². The van der Waals surface area contributed by atoms with Gasteiger partial charge in [0, 0.05) is 33.2 Å². The van der Waals surface area contributed by atoms with Crippen LogP contribution < -0.4 is 4.74 Å². The van der Waals surface area contributed by atoms with Gasteiger partial charge in [0.25, 0.3) is 40.5 Å². The molecule has 416 valence electrons. The molecule has 0 unspecified atom stereocenters. The highest BCUT2D eigenvalue weighted by atomic mass is 32.2. The fourth-order valence-corrected chi connectivity index (χ4v) is 11.3. The largest absolute Gasteiger partial charge is 0.505 e. The molecule has 0 spiro atoms. The molecule has 0 atom stereocenters. The van der Waals surface area contributed by atoms with E-state index in [0.29, 0.717) is 56.3 Å². The number of aromatic hydroxyl groups is 1. The highest BCUT2D eigenvalue weighted by molar-refractivity contribution is 7.87. The van der Waals surface area contributed by atoms with E-state index in [1.54, 1.807) is 74.5 Å². The Morgan fingerprint density at radius 1 is 0.476 bits per heavy atom. The summed E-state index contributed by atoms with van der Waals surface area (Å²) in [5, 5.41) is 65.5. The summed E-state index contributed by atoms with van der Waals surface area (Å²) < 4.78 is 142. The van der Waals surface area contributed by atoms with E-state index in [1.165, 1.54) is 54.4 Å². The average Bonchev–Trinajstić information content (AvgIpc) is 3.09. The minimum absolute atomic E-state index is 0.0255. The molecule has 0 aliphatic heterocycles. The highest BCUT2D eigenvalue weighted by Gasteiger charge is 2.24. The lowest BCUT2D eigenvalue weighted by atomic mass is 10.1. The predicted molar refractivity (Wildman–Crippen MR) is 297 cm³/mol. The van der Waals surface area contributed by atoms with Crippen LogP contribution in [0.25, 0.3) is 49.0 Å². The van der Waals surface area contributed by atoms with Crippen LogP contribution in [0.1, 0.15) is 16.7 Å². The molecular formula is C52H39N11O15S4. The van der Waals surface area contributed by atoms with Crippen molar-refractivity contribution in [3.05, 3.63) is 150 Å². The molecule has 26 nitrogen and oxygen atoms in total. The smallest absolute Gasteiger partial charge is 0.296 e. The number of hydrogen-bond acceptors (Lipinski definition) is 21. The molecule has 1 heterocycles. The maximum Gasteiger partial charge on any atom is 0.296 e. The van der Waals surface area contributed by atoms with Crippen molar-refractivity contribution < 1.29 is 66.8 Å². The monoisotopic (exact) mass is 1190 g/mol. The van der Waals surface area contributed by atoms with Crippen molar-refractivity contribution in [1.29, 1.82) is 0 Å². The first kappa shape index (κ1) is 56.1. The summed E-state index contributed by atoms with van der Waals surface area (Å²) in [7, 11) is -18.0. The second-order valence-corrected chi connectivity index (χ2v) is 23.6. The van der Waals surface area contributed by atoms with E-state index >= 15 is 0 Å². The van der Waals surface area contributed by atoms with E-state index in [1.807, 2.05) is 0 Å². The van der Waals surface area contributed by atoms with Gasteiger partial charge in [0.05, 0.1) is 52.7 Å². The summed E-state index contributed by atoms with van der Waals surface area (Å²) in [5.41, 5.74) is 3.97. The Hall–Kier alpha value is -9.24. The summed E-state index contributed by atoms with van der Waals surface area (Å²) in [6.45, 7) is 3.00. The Labute approximate surface area is 464 Å². The van der Waals surface area contributed by atoms with Gasteiger partial charge in [-0.1, -0.05) is 24.3 Å². The topological polar surface area (TPSA) is 397 Å². The minimum Gasteiger partial charge on any atom is -0.505 e. The Kier molecular flexibility index (Phi) is 14.6. The van der Waals surface area contributed by atoms with Crippen LogP contribution >= 0.6 is 0 Å². The summed E-state index contributed by atoms with van der Waals surface area (Å²) >= 11 is 0. The highest BCUT2D eigenvalue weighted by Crippen LogP contribution is 2.42. The SMILES string of the molecule is COc1cc(N=Nc2ccc(N=Nc3ccc(N=Nc4cc5c(S(=O)(=O)O)cccc5cc4S(=O)(=O)O)c(C)c3)c(C)c2)c(CO)cc1N=Nc1ccc2cc(-n3nc4ccc5c(S(=O)(=O)O)cc(S(=O)(=O)O)cc5c4n3)ccc2c1O. The molecule has 10 rings (SSSR count). The molecule has 6 N–H and O–H groups in total. The third-order valence-electron chi connectivity index (χ3n) is 12.6. The van der Waals surface area contributed by atoms with Crippen LogP contribution in [0.15, 0.2) is 194 Å². The number of aliphatic hydroxyl groups excluding tert-OH is 1. The van der Waals surface area contributed by atoms with Crippen LogP contribution in [0.3, 0.4) is 0 Å². The number of benzene rings is 9. The molecule has 0 aliphatic rings. The third-order valence-corrected chi connectivity index (χ3v) is 16.2. The first-order chi connectivity index (χ1) is 38.8. The molecule has 10 aromatic rings. The maximum absolute atomic E-state index is 12.3. The van der Waals surface area contributed by atoms with Crippen LogP contribution in [0.4, 0.5) is 45.5 Å². The van der Waals surface area contributed by atoms with Gasteiger partial charge in [-0.2, -0.15) is 64.0 Å². The Morgan fingerprint density at radius 2 is 1.06 bits per heavy atom. The molecule has 1 aromatic heterocycles. The van der Waals surface area contributed by atoms with Crippen LogP contribution in [0.2, 0.25) is 0 Å². The van der Waals surface area contributed by atoms with Crippen molar-refractivity contribution >= 4 is 129 Å². The number of phenolic OH excluding ortho intramolecular Hbond substituents is 1. The second-order valence-electron chi connectivity index (χ2n) is 18.0. The van der Waals surface area contributed by atoms with Crippen molar-refractivity contribution in [2.45, 2.75) is 40.0 Å². The van der Waals surface area contributed by atoms with Gasteiger partial charge in [-0.05, 0) is 139 Å². The number of fused-ring (bicyclic) bond motifs is 5. The number of azo groups is 4. The molecule has 0 amide bonds. The fraction of sp³-hybridized carbons (Fsp3) is 0.0769. The quantitative estimate of drug-likeness (QED) is 0.0410. The van der Waals surface area contributed by atoms with Gasteiger partial charge >= 0.3 is 0 Å². The lowest BCUT2D eigenvalue weighted by Crippen LogP contribution is -2.04. The van der Waals surface area contributed by atoms with E-state index in [-0.39, 0.29) is 72.5 Å². The average molecular weight is 1190 g/mol. The summed E-state index contributed by atoms with van der Waals surface area (Å²) in [6, 6.07) is 31.1. The van der Waals surface area contributed by atoms with Gasteiger partial charge in [-0.3, -0.25) is 18.2 Å². The van der Waals surface area contributed by atoms with E-state index in [9.17, 15) is 62.1 Å².